The molecule has 0 radical (unpaired) electrons. The summed E-state index contributed by atoms with van der Waals surface area (Å²) < 4.78 is 1.73. The Bertz CT molecular complexity index is 799. The third kappa shape index (κ3) is 5.78. The van der Waals surface area contributed by atoms with Gasteiger partial charge in [-0.1, -0.05) is 47.9 Å². The summed E-state index contributed by atoms with van der Waals surface area (Å²) in [6, 6.07) is 4.13. The highest BCUT2D eigenvalue weighted by molar-refractivity contribution is 8.03. The lowest BCUT2D eigenvalue weighted by molar-refractivity contribution is -0.118. The van der Waals surface area contributed by atoms with Crippen LogP contribution in [-0.4, -0.2) is 33.4 Å². The van der Waals surface area contributed by atoms with Crippen LogP contribution < -0.4 is 5.32 Å². The van der Waals surface area contributed by atoms with Crippen LogP contribution in [0, 0.1) is 0 Å². The van der Waals surface area contributed by atoms with Gasteiger partial charge in [0, 0.05) is 17.7 Å². The van der Waals surface area contributed by atoms with Crippen LogP contribution in [0.1, 0.15) is 19.0 Å². The lowest BCUT2D eigenvalue weighted by Gasteiger charge is -2.00. The van der Waals surface area contributed by atoms with Gasteiger partial charge in [0.15, 0.2) is 8.68 Å². The number of amides is 1. The highest BCUT2D eigenvalue weighted by Crippen LogP contribution is 2.33. The fourth-order valence-electron chi connectivity index (χ4n) is 1.78. The zero-order chi connectivity index (χ0) is 17.5. The van der Waals surface area contributed by atoms with Crippen molar-refractivity contribution >= 4 is 63.4 Å². The van der Waals surface area contributed by atoms with Crippen LogP contribution in [0.3, 0.4) is 0 Å². The molecule has 0 aliphatic rings. The molecule has 132 valence electrons. The highest BCUT2D eigenvalue weighted by atomic mass is 32.2. The second kappa shape index (κ2) is 9.67. The Morgan fingerprint density at radius 3 is 2.84 bits per heavy atom. The predicted octanol–water partition coefficient (Wildman–Crippen LogP) is 4.63. The first-order valence-corrected chi connectivity index (χ1v) is 12.1. The highest BCUT2D eigenvalue weighted by Gasteiger charge is 2.10. The summed E-state index contributed by atoms with van der Waals surface area (Å²) >= 11 is 7.96. The molecule has 0 aliphatic carbocycles. The van der Waals surface area contributed by atoms with E-state index >= 15 is 0 Å². The average Bonchev–Trinajstić information content (AvgIpc) is 3.37. The normalized spacial score (nSPS) is 10.9. The Kier molecular flexibility index (Phi) is 7.29. The van der Waals surface area contributed by atoms with E-state index in [4.69, 9.17) is 0 Å². The number of hydrogen-bond donors (Lipinski definition) is 1. The van der Waals surface area contributed by atoms with E-state index in [-0.39, 0.29) is 5.91 Å². The molecule has 0 aliphatic heterocycles. The number of thiophene rings is 1. The van der Waals surface area contributed by atoms with E-state index in [1.54, 1.807) is 34.4 Å². The van der Waals surface area contributed by atoms with E-state index in [0.29, 0.717) is 5.75 Å². The largest absolute Gasteiger partial charge is 0.355 e. The number of hydrogen-bond acceptors (Lipinski definition) is 9. The fraction of sp³-hybridized carbons (Fsp3) is 0.333. The molecule has 0 unspecified atom stereocenters. The van der Waals surface area contributed by atoms with Gasteiger partial charge in [0.2, 0.25) is 5.91 Å². The molecular weight excluding hydrogens is 413 g/mol. The first-order valence-electron chi connectivity index (χ1n) is 7.58. The second-order valence-corrected chi connectivity index (χ2v) is 10.1. The van der Waals surface area contributed by atoms with Gasteiger partial charge in [-0.2, -0.15) is 0 Å². The Morgan fingerprint density at radius 2 is 2.08 bits per heavy atom. The number of carbonyl (C=O) groups excluding carboxylic acids is 1. The smallest absolute Gasteiger partial charge is 0.230 e. The maximum absolute atomic E-state index is 11.6. The van der Waals surface area contributed by atoms with Crippen LogP contribution in [0.5, 0.6) is 0 Å². The van der Waals surface area contributed by atoms with Crippen LogP contribution in [0.25, 0.3) is 9.88 Å². The molecule has 3 rings (SSSR count). The van der Waals surface area contributed by atoms with Gasteiger partial charge in [0.25, 0.3) is 0 Å². The topological polar surface area (TPSA) is 67.8 Å². The molecule has 0 atom stereocenters. The van der Waals surface area contributed by atoms with E-state index in [1.807, 2.05) is 13.0 Å². The summed E-state index contributed by atoms with van der Waals surface area (Å²) in [5, 5.41) is 16.4. The van der Waals surface area contributed by atoms with E-state index in [9.17, 15) is 4.79 Å². The number of aromatic nitrogens is 3. The Hall–Kier alpha value is -0.940. The third-order valence-corrected chi connectivity index (χ3v) is 8.07. The van der Waals surface area contributed by atoms with Crippen molar-refractivity contribution in [3.63, 3.8) is 0 Å². The van der Waals surface area contributed by atoms with Gasteiger partial charge >= 0.3 is 0 Å². The molecule has 1 amide bonds. The molecule has 3 aromatic rings. The zero-order valence-corrected chi connectivity index (χ0v) is 17.5. The number of thiazole rings is 1. The van der Waals surface area contributed by atoms with Crippen molar-refractivity contribution < 1.29 is 4.79 Å². The minimum absolute atomic E-state index is 0.0415. The van der Waals surface area contributed by atoms with Crippen LogP contribution in [0.4, 0.5) is 0 Å². The molecule has 5 nitrogen and oxygen atoms in total. The molecule has 0 aromatic carbocycles. The molecule has 0 saturated heterocycles. The number of nitrogens with one attached hydrogen (secondary N) is 1. The van der Waals surface area contributed by atoms with Crippen molar-refractivity contribution in [2.24, 2.45) is 0 Å². The Morgan fingerprint density at radius 1 is 1.24 bits per heavy atom. The van der Waals surface area contributed by atoms with Gasteiger partial charge in [-0.25, -0.2) is 4.98 Å². The summed E-state index contributed by atoms with van der Waals surface area (Å²) in [4.78, 5) is 17.5. The summed E-state index contributed by atoms with van der Waals surface area (Å²) in [5.74, 6) is 1.20. The minimum atomic E-state index is 0.0415. The summed E-state index contributed by atoms with van der Waals surface area (Å²) in [7, 11) is 0. The quantitative estimate of drug-likeness (QED) is 0.501. The van der Waals surface area contributed by atoms with E-state index in [2.05, 4.69) is 37.3 Å². The molecule has 1 N–H and O–H groups in total. The van der Waals surface area contributed by atoms with Crippen LogP contribution in [0.2, 0.25) is 0 Å². The van der Waals surface area contributed by atoms with Crippen molar-refractivity contribution in [2.75, 3.05) is 12.3 Å². The molecule has 0 spiro atoms. The monoisotopic (exact) mass is 428 g/mol. The Labute approximate surface area is 166 Å². The maximum Gasteiger partial charge on any atom is 0.230 e. The Balaban J connectivity index is 1.46. The summed E-state index contributed by atoms with van der Waals surface area (Å²) in [5.41, 5.74) is 1.06. The van der Waals surface area contributed by atoms with Crippen molar-refractivity contribution in [3.05, 3.63) is 28.6 Å². The lowest BCUT2D eigenvalue weighted by atomic mass is 10.5. The van der Waals surface area contributed by atoms with Crippen molar-refractivity contribution in [1.29, 1.82) is 0 Å². The van der Waals surface area contributed by atoms with Crippen LogP contribution in [0.15, 0.2) is 31.6 Å². The van der Waals surface area contributed by atoms with Gasteiger partial charge in [0.05, 0.1) is 16.3 Å². The standard InChI is InChI=1S/C15H16N4OS5/c1-2-5-16-12(20)9-24-15-19-18-14(25-15)23-8-10-7-22-13(17-10)11-4-3-6-21-11/h3-4,6-7H,2,5,8-9H2,1H3,(H,16,20). The van der Waals surface area contributed by atoms with Gasteiger partial charge < -0.3 is 5.32 Å². The molecule has 0 fully saturated rings. The summed E-state index contributed by atoms with van der Waals surface area (Å²) in [6.45, 7) is 2.76. The van der Waals surface area contributed by atoms with E-state index < -0.39 is 0 Å². The lowest BCUT2D eigenvalue weighted by Crippen LogP contribution is -2.25. The van der Waals surface area contributed by atoms with Gasteiger partial charge in [-0.15, -0.1) is 32.9 Å². The maximum atomic E-state index is 11.6. The zero-order valence-electron chi connectivity index (χ0n) is 13.4. The molecule has 3 aromatic heterocycles. The van der Waals surface area contributed by atoms with Crippen molar-refractivity contribution in [3.8, 4) is 9.88 Å². The van der Waals surface area contributed by atoms with E-state index in [0.717, 1.165) is 38.1 Å². The summed E-state index contributed by atoms with van der Waals surface area (Å²) in [6.07, 6.45) is 0.945. The minimum Gasteiger partial charge on any atom is -0.355 e. The van der Waals surface area contributed by atoms with Gasteiger partial charge in [-0.3, -0.25) is 4.79 Å². The molecule has 0 saturated carbocycles. The van der Waals surface area contributed by atoms with Crippen LogP contribution in [-0.2, 0) is 10.5 Å². The number of carbonyl (C=O) groups is 1. The van der Waals surface area contributed by atoms with Crippen molar-refractivity contribution in [1.82, 2.24) is 20.5 Å². The van der Waals surface area contributed by atoms with Crippen LogP contribution >= 0.6 is 57.5 Å². The SMILES string of the molecule is CCCNC(=O)CSc1nnc(SCc2csc(-c3cccs3)n2)s1. The first-order chi connectivity index (χ1) is 12.2. The van der Waals surface area contributed by atoms with Gasteiger partial charge in [-0.05, 0) is 17.9 Å². The number of nitrogens with zero attached hydrogens (tertiary/aromatic N) is 3. The number of thioether (sulfide) groups is 2. The van der Waals surface area contributed by atoms with Gasteiger partial charge in [0.1, 0.15) is 5.01 Å². The molecule has 3 heterocycles. The van der Waals surface area contributed by atoms with E-state index in [1.165, 1.54) is 28.0 Å². The third-order valence-electron chi connectivity index (χ3n) is 2.91. The fourth-order valence-corrected chi connectivity index (χ4v) is 6.26. The second-order valence-electron chi connectivity index (χ2n) is 4.88. The first kappa shape index (κ1) is 18.8. The molecule has 0 bridgehead atoms. The van der Waals surface area contributed by atoms with Crippen molar-refractivity contribution in [2.45, 2.75) is 27.8 Å². The predicted molar refractivity (Wildman–Crippen MR) is 109 cm³/mol. The molecular formula is C15H16N4OS5. The average molecular weight is 429 g/mol. The number of rotatable bonds is 9. The molecule has 25 heavy (non-hydrogen) atoms. The molecule has 10 heteroatoms.